The third-order valence-electron chi connectivity index (χ3n) is 3.56. The zero-order chi connectivity index (χ0) is 15.2. The van der Waals surface area contributed by atoms with Gasteiger partial charge in [0.1, 0.15) is 11.5 Å². The van der Waals surface area contributed by atoms with Crippen molar-refractivity contribution in [2.45, 2.75) is 26.2 Å². The Morgan fingerprint density at radius 2 is 2.00 bits per heavy atom. The summed E-state index contributed by atoms with van der Waals surface area (Å²) in [5.41, 5.74) is 4.19. The first kappa shape index (κ1) is 15.2. The van der Waals surface area contributed by atoms with Gasteiger partial charge in [-0.2, -0.15) is 0 Å². The Bertz CT molecular complexity index is 629. The monoisotopic (exact) mass is 282 g/mol. The number of hydrogen-bond acceptors (Lipinski definition) is 2. The van der Waals surface area contributed by atoms with Crippen molar-refractivity contribution >= 4 is 0 Å². The smallest absolute Gasteiger partial charge is 0.123 e. The van der Waals surface area contributed by atoms with Crippen LogP contribution < -0.4 is 4.74 Å². The van der Waals surface area contributed by atoms with Gasteiger partial charge in [0.05, 0.1) is 7.11 Å². The molecular formula is C19H22O2. The molecule has 21 heavy (non-hydrogen) atoms. The topological polar surface area (TPSA) is 29.5 Å². The number of allylic oxidation sites excluding steroid dienone is 1. The number of benzene rings is 2. The van der Waals surface area contributed by atoms with Crippen molar-refractivity contribution in [2.75, 3.05) is 7.11 Å². The highest BCUT2D eigenvalue weighted by molar-refractivity contribution is 5.72. The minimum absolute atomic E-state index is 0.310. The molecule has 0 aromatic heterocycles. The van der Waals surface area contributed by atoms with E-state index in [1.165, 1.54) is 5.56 Å². The fourth-order valence-corrected chi connectivity index (χ4v) is 2.52. The summed E-state index contributed by atoms with van der Waals surface area (Å²) >= 11 is 0. The third kappa shape index (κ3) is 3.46. The molecule has 0 saturated carbocycles. The molecule has 2 heteroatoms. The fourth-order valence-electron chi connectivity index (χ4n) is 2.52. The highest BCUT2D eigenvalue weighted by Gasteiger charge is 2.09. The van der Waals surface area contributed by atoms with E-state index in [0.717, 1.165) is 41.7 Å². The molecule has 2 nitrogen and oxygen atoms in total. The fraction of sp³-hybridized carbons (Fsp3) is 0.263. The summed E-state index contributed by atoms with van der Waals surface area (Å²) in [4.78, 5) is 0. The second-order valence-electron chi connectivity index (χ2n) is 5.12. The highest BCUT2D eigenvalue weighted by Crippen LogP contribution is 2.33. The molecule has 2 aromatic rings. The summed E-state index contributed by atoms with van der Waals surface area (Å²) in [6.45, 7) is 5.94. The van der Waals surface area contributed by atoms with Crippen LogP contribution in [0.5, 0.6) is 11.5 Å². The van der Waals surface area contributed by atoms with Crippen LogP contribution in [-0.2, 0) is 12.8 Å². The molecule has 2 rings (SSSR count). The maximum Gasteiger partial charge on any atom is 0.123 e. The number of aromatic hydroxyl groups is 1. The van der Waals surface area contributed by atoms with E-state index in [0.29, 0.717) is 5.75 Å². The van der Waals surface area contributed by atoms with E-state index in [2.05, 4.69) is 25.6 Å². The van der Waals surface area contributed by atoms with E-state index >= 15 is 0 Å². The standard InChI is InChI=1S/C19H22O2/c1-4-6-14-8-10-18(20)17(12-14)15-9-11-19(21-3)16(13-15)7-5-2/h5,8-13,20H,2,4,6-7H2,1,3H3. The number of hydrogen-bond donors (Lipinski definition) is 1. The summed E-state index contributed by atoms with van der Waals surface area (Å²) in [5.74, 6) is 1.16. The average molecular weight is 282 g/mol. The van der Waals surface area contributed by atoms with Gasteiger partial charge in [-0.05, 0) is 53.8 Å². The number of methoxy groups -OCH3 is 1. The quantitative estimate of drug-likeness (QED) is 0.775. The van der Waals surface area contributed by atoms with Gasteiger partial charge in [-0.15, -0.1) is 6.58 Å². The second kappa shape index (κ2) is 6.98. The molecule has 0 aliphatic heterocycles. The Balaban J connectivity index is 2.48. The zero-order valence-electron chi connectivity index (χ0n) is 12.7. The van der Waals surface area contributed by atoms with Gasteiger partial charge in [0.15, 0.2) is 0 Å². The normalized spacial score (nSPS) is 10.4. The third-order valence-corrected chi connectivity index (χ3v) is 3.56. The van der Waals surface area contributed by atoms with Crippen LogP contribution in [0.2, 0.25) is 0 Å². The maximum absolute atomic E-state index is 10.2. The van der Waals surface area contributed by atoms with Crippen LogP contribution in [0.3, 0.4) is 0 Å². The van der Waals surface area contributed by atoms with Crippen molar-refractivity contribution in [1.82, 2.24) is 0 Å². The minimum atomic E-state index is 0.310. The lowest BCUT2D eigenvalue weighted by atomic mass is 9.97. The summed E-state index contributed by atoms with van der Waals surface area (Å²) in [6.07, 6.45) is 4.71. The van der Waals surface area contributed by atoms with Gasteiger partial charge in [-0.25, -0.2) is 0 Å². The van der Waals surface area contributed by atoms with Gasteiger partial charge in [0, 0.05) is 5.56 Å². The molecule has 0 atom stereocenters. The SMILES string of the molecule is C=CCc1cc(-c2cc(CCC)ccc2O)ccc1OC. The molecule has 0 unspecified atom stereocenters. The molecule has 0 saturated heterocycles. The largest absolute Gasteiger partial charge is 0.507 e. The van der Waals surface area contributed by atoms with Crippen LogP contribution in [0.25, 0.3) is 11.1 Å². The summed E-state index contributed by atoms with van der Waals surface area (Å²) in [7, 11) is 1.67. The van der Waals surface area contributed by atoms with Crippen LogP contribution in [0, 0.1) is 0 Å². The minimum Gasteiger partial charge on any atom is -0.507 e. The van der Waals surface area contributed by atoms with Gasteiger partial charge in [0.25, 0.3) is 0 Å². The predicted octanol–water partition coefficient (Wildman–Crippen LogP) is 4.75. The molecule has 0 spiro atoms. The lowest BCUT2D eigenvalue weighted by molar-refractivity contribution is 0.411. The lowest BCUT2D eigenvalue weighted by Crippen LogP contribution is -1.92. The zero-order valence-corrected chi connectivity index (χ0v) is 12.7. The van der Waals surface area contributed by atoms with E-state index < -0.39 is 0 Å². The summed E-state index contributed by atoms with van der Waals surface area (Å²) in [6, 6.07) is 11.8. The van der Waals surface area contributed by atoms with Crippen molar-refractivity contribution in [3.8, 4) is 22.6 Å². The molecule has 0 heterocycles. The van der Waals surface area contributed by atoms with Crippen LogP contribution in [-0.4, -0.2) is 12.2 Å². The van der Waals surface area contributed by atoms with Gasteiger partial charge in [0.2, 0.25) is 0 Å². The van der Waals surface area contributed by atoms with Crippen molar-refractivity contribution in [3.05, 3.63) is 60.2 Å². The number of rotatable bonds is 6. The van der Waals surface area contributed by atoms with Gasteiger partial charge in [-0.3, -0.25) is 0 Å². The first-order valence-electron chi connectivity index (χ1n) is 7.29. The molecule has 0 radical (unpaired) electrons. The van der Waals surface area contributed by atoms with Crippen LogP contribution in [0.4, 0.5) is 0 Å². The van der Waals surface area contributed by atoms with E-state index in [9.17, 15) is 5.11 Å². The first-order valence-corrected chi connectivity index (χ1v) is 7.29. The van der Waals surface area contributed by atoms with Gasteiger partial charge >= 0.3 is 0 Å². The van der Waals surface area contributed by atoms with Crippen molar-refractivity contribution in [2.24, 2.45) is 0 Å². The Kier molecular flexibility index (Phi) is 5.04. The molecule has 2 aromatic carbocycles. The number of phenols is 1. The lowest BCUT2D eigenvalue weighted by Gasteiger charge is -2.12. The summed E-state index contributed by atoms with van der Waals surface area (Å²) in [5, 5.41) is 10.2. The molecule has 0 aliphatic carbocycles. The van der Waals surface area contributed by atoms with Gasteiger partial charge in [-0.1, -0.05) is 31.6 Å². The molecule has 0 fully saturated rings. The van der Waals surface area contributed by atoms with Crippen molar-refractivity contribution in [1.29, 1.82) is 0 Å². The Labute approximate surface area is 126 Å². The van der Waals surface area contributed by atoms with Gasteiger partial charge < -0.3 is 9.84 Å². The van der Waals surface area contributed by atoms with Crippen molar-refractivity contribution in [3.63, 3.8) is 0 Å². The average Bonchev–Trinajstić information content (AvgIpc) is 2.50. The molecule has 110 valence electrons. The van der Waals surface area contributed by atoms with Crippen LogP contribution >= 0.6 is 0 Å². The maximum atomic E-state index is 10.2. The van der Waals surface area contributed by atoms with Crippen LogP contribution in [0.15, 0.2) is 49.1 Å². The van der Waals surface area contributed by atoms with Crippen molar-refractivity contribution < 1.29 is 9.84 Å². The number of phenolic OH excluding ortho intramolecular Hbond substituents is 1. The number of ether oxygens (including phenoxy) is 1. The highest BCUT2D eigenvalue weighted by atomic mass is 16.5. The molecule has 1 N–H and O–H groups in total. The molecule has 0 aliphatic rings. The van der Waals surface area contributed by atoms with E-state index in [1.54, 1.807) is 13.2 Å². The number of aryl methyl sites for hydroxylation is 1. The predicted molar refractivity (Wildman–Crippen MR) is 88.0 cm³/mol. The van der Waals surface area contributed by atoms with Crippen LogP contribution in [0.1, 0.15) is 24.5 Å². The Hall–Kier alpha value is -2.22. The molecule has 0 bridgehead atoms. The Morgan fingerprint density at radius 3 is 2.67 bits per heavy atom. The van der Waals surface area contributed by atoms with E-state index in [-0.39, 0.29) is 0 Å². The van der Waals surface area contributed by atoms with E-state index in [4.69, 9.17) is 4.74 Å². The Morgan fingerprint density at radius 1 is 1.19 bits per heavy atom. The molecule has 0 amide bonds. The first-order chi connectivity index (χ1) is 10.2. The summed E-state index contributed by atoms with van der Waals surface area (Å²) < 4.78 is 5.37. The molecular weight excluding hydrogens is 260 g/mol. The van der Waals surface area contributed by atoms with E-state index in [1.807, 2.05) is 24.3 Å². The second-order valence-corrected chi connectivity index (χ2v) is 5.12.